The first-order chi connectivity index (χ1) is 9.80. The van der Waals surface area contributed by atoms with Crippen molar-refractivity contribution in [2.45, 2.75) is 51.6 Å². The van der Waals surface area contributed by atoms with Gasteiger partial charge in [0.25, 0.3) is 0 Å². The van der Waals surface area contributed by atoms with Crippen LogP contribution in [-0.4, -0.2) is 46.6 Å². The predicted octanol–water partition coefficient (Wildman–Crippen LogP) is 2.12. The number of fused-ring (bicyclic) bond motifs is 1. The molecule has 0 aromatic carbocycles. The van der Waals surface area contributed by atoms with Crippen molar-refractivity contribution in [3.05, 3.63) is 11.9 Å². The van der Waals surface area contributed by atoms with Crippen LogP contribution in [0.4, 0.5) is 11.6 Å². The summed E-state index contributed by atoms with van der Waals surface area (Å²) in [5.41, 5.74) is 0. The molecular weight excluding hydrogens is 250 g/mol. The van der Waals surface area contributed by atoms with Gasteiger partial charge in [-0.3, -0.25) is 4.90 Å². The smallest absolute Gasteiger partial charge is 0.132 e. The zero-order valence-electron chi connectivity index (χ0n) is 12.5. The number of aromatic nitrogens is 2. The van der Waals surface area contributed by atoms with E-state index in [9.17, 15) is 0 Å². The van der Waals surface area contributed by atoms with E-state index < -0.39 is 0 Å². The van der Waals surface area contributed by atoms with Gasteiger partial charge in [-0.1, -0.05) is 6.92 Å². The summed E-state index contributed by atoms with van der Waals surface area (Å²) in [5, 5.41) is 6.95. The van der Waals surface area contributed by atoms with Gasteiger partial charge in [-0.15, -0.1) is 0 Å². The molecule has 2 fully saturated rings. The fourth-order valence-electron chi connectivity index (χ4n) is 3.44. The summed E-state index contributed by atoms with van der Waals surface area (Å²) in [6.07, 6.45) is 4.76. The number of rotatable bonds is 5. The Balaban J connectivity index is 1.74. The highest BCUT2D eigenvalue weighted by Gasteiger charge is 2.37. The lowest BCUT2D eigenvalue weighted by atomic mass is 10.1. The van der Waals surface area contributed by atoms with E-state index in [0.29, 0.717) is 12.1 Å². The summed E-state index contributed by atoms with van der Waals surface area (Å²) >= 11 is 0. The molecule has 5 heteroatoms. The second-order valence-corrected chi connectivity index (χ2v) is 5.72. The zero-order chi connectivity index (χ0) is 13.9. The first-order valence-corrected chi connectivity index (χ1v) is 7.92. The van der Waals surface area contributed by atoms with Gasteiger partial charge in [-0.05, 0) is 32.7 Å². The van der Waals surface area contributed by atoms with Gasteiger partial charge in [0.2, 0.25) is 0 Å². The van der Waals surface area contributed by atoms with Crippen LogP contribution in [-0.2, 0) is 6.42 Å². The van der Waals surface area contributed by atoms with E-state index in [0.717, 1.165) is 30.4 Å². The maximum absolute atomic E-state index is 4.63. The Morgan fingerprint density at radius 3 is 2.85 bits per heavy atom. The SMILES string of the molecule is CCNc1cc(NC2CCN3CCCC23)nc(CC)n1. The van der Waals surface area contributed by atoms with Gasteiger partial charge in [0.15, 0.2) is 0 Å². The Morgan fingerprint density at radius 1 is 1.20 bits per heavy atom. The van der Waals surface area contributed by atoms with Crippen molar-refractivity contribution in [3.8, 4) is 0 Å². The molecular formula is C15H25N5. The summed E-state index contributed by atoms with van der Waals surface area (Å²) in [7, 11) is 0. The highest BCUT2D eigenvalue weighted by atomic mass is 15.2. The number of hydrogen-bond donors (Lipinski definition) is 2. The number of hydrogen-bond acceptors (Lipinski definition) is 5. The molecule has 2 unspecified atom stereocenters. The third kappa shape index (κ3) is 2.73. The van der Waals surface area contributed by atoms with Crippen LogP contribution in [0.3, 0.4) is 0 Å². The Labute approximate surface area is 121 Å². The van der Waals surface area contributed by atoms with Crippen molar-refractivity contribution in [2.75, 3.05) is 30.3 Å². The highest BCUT2D eigenvalue weighted by Crippen LogP contribution is 2.30. The Hall–Kier alpha value is -1.36. The van der Waals surface area contributed by atoms with E-state index in [4.69, 9.17) is 0 Å². The average molecular weight is 275 g/mol. The predicted molar refractivity (Wildman–Crippen MR) is 82.2 cm³/mol. The summed E-state index contributed by atoms with van der Waals surface area (Å²) in [5.74, 6) is 2.82. The monoisotopic (exact) mass is 275 g/mol. The lowest BCUT2D eigenvalue weighted by molar-refractivity contribution is 0.318. The number of aryl methyl sites for hydroxylation is 1. The molecule has 2 saturated heterocycles. The first kappa shape index (κ1) is 13.6. The molecule has 2 aliphatic rings. The molecule has 2 atom stereocenters. The van der Waals surface area contributed by atoms with Crippen molar-refractivity contribution < 1.29 is 0 Å². The van der Waals surface area contributed by atoms with E-state index in [2.05, 4.69) is 39.3 Å². The van der Waals surface area contributed by atoms with E-state index >= 15 is 0 Å². The van der Waals surface area contributed by atoms with Crippen molar-refractivity contribution in [1.82, 2.24) is 14.9 Å². The fourth-order valence-corrected chi connectivity index (χ4v) is 3.44. The summed E-state index contributed by atoms with van der Waals surface area (Å²) in [6.45, 7) is 7.58. The molecule has 0 aliphatic carbocycles. The van der Waals surface area contributed by atoms with Gasteiger partial charge in [-0.2, -0.15) is 0 Å². The number of anilines is 2. The van der Waals surface area contributed by atoms with Gasteiger partial charge >= 0.3 is 0 Å². The molecule has 0 bridgehead atoms. The first-order valence-electron chi connectivity index (χ1n) is 7.92. The zero-order valence-corrected chi connectivity index (χ0v) is 12.5. The lowest BCUT2D eigenvalue weighted by Crippen LogP contribution is -2.34. The van der Waals surface area contributed by atoms with E-state index in [-0.39, 0.29) is 0 Å². The molecule has 0 spiro atoms. The van der Waals surface area contributed by atoms with Crippen LogP contribution in [0.15, 0.2) is 6.07 Å². The third-order valence-corrected chi connectivity index (χ3v) is 4.39. The average Bonchev–Trinajstić information content (AvgIpc) is 3.04. The molecule has 1 aromatic heterocycles. The van der Waals surface area contributed by atoms with Crippen LogP contribution in [0, 0.1) is 0 Å². The topological polar surface area (TPSA) is 53.1 Å². The minimum Gasteiger partial charge on any atom is -0.370 e. The van der Waals surface area contributed by atoms with Crippen molar-refractivity contribution >= 4 is 11.6 Å². The lowest BCUT2D eigenvalue weighted by Gasteiger charge is -2.22. The normalized spacial score (nSPS) is 25.7. The van der Waals surface area contributed by atoms with Crippen LogP contribution >= 0.6 is 0 Å². The summed E-state index contributed by atoms with van der Waals surface area (Å²) in [4.78, 5) is 11.8. The largest absolute Gasteiger partial charge is 0.370 e. The molecule has 0 radical (unpaired) electrons. The van der Waals surface area contributed by atoms with E-state index in [1.54, 1.807) is 0 Å². The minimum atomic E-state index is 0.548. The van der Waals surface area contributed by atoms with Gasteiger partial charge < -0.3 is 10.6 Å². The summed E-state index contributed by atoms with van der Waals surface area (Å²) in [6, 6.07) is 3.30. The molecule has 1 aromatic rings. The Bertz CT molecular complexity index is 462. The van der Waals surface area contributed by atoms with Crippen molar-refractivity contribution in [1.29, 1.82) is 0 Å². The molecule has 2 aliphatic heterocycles. The standard InChI is InChI=1S/C15H25N5/c1-3-13-18-14(16-4-2)10-15(19-13)17-11-7-9-20-8-5-6-12(11)20/h10-12H,3-9H2,1-2H3,(H2,16,17,18,19). The molecule has 2 N–H and O–H groups in total. The van der Waals surface area contributed by atoms with E-state index in [1.807, 2.05) is 6.07 Å². The number of nitrogens with one attached hydrogen (secondary N) is 2. The molecule has 20 heavy (non-hydrogen) atoms. The second-order valence-electron chi connectivity index (χ2n) is 5.72. The molecule has 5 nitrogen and oxygen atoms in total. The van der Waals surface area contributed by atoms with Gasteiger partial charge in [-0.25, -0.2) is 9.97 Å². The van der Waals surface area contributed by atoms with Crippen molar-refractivity contribution in [3.63, 3.8) is 0 Å². The molecule has 3 heterocycles. The Morgan fingerprint density at radius 2 is 2.05 bits per heavy atom. The van der Waals surface area contributed by atoms with Crippen molar-refractivity contribution in [2.24, 2.45) is 0 Å². The maximum atomic E-state index is 4.63. The maximum Gasteiger partial charge on any atom is 0.132 e. The highest BCUT2D eigenvalue weighted by molar-refractivity contribution is 5.48. The summed E-state index contributed by atoms with van der Waals surface area (Å²) < 4.78 is 0. The quantitative estimate of drug-likeness (QED) is 0.862. The fraction of sp³-hybridized carbons (Fsp3) is 0.733. The van der Waals surface area contributed by atoms with Crippen LogP contribution in [0.25, 0.3) is 0 Å². The molecule has 110 valence electrons. The van der Waals surface area contributed by atoms with Crippen LogP contribution < -0.4 is 10.6 Å². The van der Waals surface area contributed by atoms with Crippen LogP contribution in [0.5, 0.6) is 0 Å². The Kier molecular flexibility index (Phi) is 4.05. The molecule has 3 rings (SSSR count). The number of nitrogens with zero attached hydrogens (tertiary/aromatic N) is 3. The molecule has 0 amide bonds. The van der Waals surface area contributed by atoms with Gasteiger partial charge in [0, 0.05) is 37.7 Å². The van der Waals surface area contributed by atoms with E-state index in [1.165, 1.54) is 32.4 Å². The second kappa shape index (κ2) is 5.95. The van der Waals surface area contributed by atoms with Gasteiger partial charge in [0.1, 0.15) is 17.5 Å². The minimum absolute atomic E-state index is 0.548. The van der Waals surface area contributed by atoms with Gasteiger partial charge in [0.05, 0.1) is 0 Å². The molecule has 0 saturated carbocycles. The van der Waals surface area contributed by atoms with Crippen LogP contribution in [0.2, 0.25) is 0 Å². The van der Waals surface area contributed by atoms with Crippen LogP contribution in [0.1, 0.15) is 38.9 Å². The third-order valence-electron chi connectivity index (χ3n) is 4.39.